The fourth-order valence-electron chi connectivity index (χ4n) is 4.29. The van der Waals surface area contributed by atoms with E-state index < -0.39 is 5.54 Å². The summed E-state index contributed by atoms with van der Waals surface area (Å²) in [7, 11) is 3.26. The predicted molar refractivity (Wildman–Crippen MR) is 167 cm³/mol. The van der Waals surface area contributed by atoms with Gasteiger partial charge in [-0.1, -0.05) is 12.1 Å². The molecule has 0 radical (unpaired) electrons. The van der Waals surface area contributed by atoms with Crippen molar-refractivity contribution in [3.8, 4) is 22.6 Å². The molecule has 0 aliphatic rings. The molecule has 0 bridgehead atoms. The van der Waals surface area contributed by atoms with Gasteiger partial charge in [-0.15, -0.1) is 11.3 Å². The molecule has 3 heterocycles. The number of methoxy groups -OCH3 is 2. The minimum Gasteiger partial charge on any atom is -0.397 e. The van der Waals surface area contributed by atoms with Crippen molar-refractivity contribution in [3.05, 3.63) is 53.7 Å². The summed E-state index contributed by atoms with van der Waals surface area (Å²) in [5, 5.41) is 6.56. The Morgan fingerprint density at radius 2 is 1.69 bits per heavy atom. The number of fused-ring (bicyclic) bond motifs is 1. The van der Waals surface area contributed by atoms with Crippen LogP contribution in [0.3, 0.4) is 0 Å². The van der Waals surface area contributed by atoms with Gasteiger partial charge < -0.3 is 25.8 Å². The highest BCUT2D eigenvalue weighted by Crippen LogP contribution is 2.40. The van der Waals surface area contributed by atoms with Crippen molar-refractivity contribution in [3.63, 3.8) is 0 Å². The third-order valence-corrected chi connectivity index (χ3v) is 7.33. The molecule has 0 aliphatic carbocycles. The zero-order valence-corrected chi connectivity index (χ0v) is 25.4. The molecular formula is C30H37N7O4S. The lowest BCUT2D eigenvalue weighted by atomic mass is 10.1. The molecule has 4 aromatic rings. The molecule has 11 nitrogen and oxygen atoms in total. The average Bonchev–Trinajstić information content (AvgIpc) is 3.30. The molecular weight excluding hydrogens is 554 g/mol. The van der Waals surface area contributed by atoms with Crippen molar-refractivity contribution < 1.29 is 19.1 Å². The first-order valence-electron chi connectivity index (χ1n) is 13.5. The lowest BCUT2D eigenvalue weighted by molar-refractivity contribution is -0.117. The maximum atomic E-state index is 13.1. The van der Waals surface area contributed by atoms with Crippen molar-refractivity contribution in [1.29, 1.82) is 0 Å². The summed E-state index contributed by atoms with van der Waals surface area (Å²) >= 11 is 1.23. The van der Waals surface area contributed by atoms with Gasteiger partial charge in [0.2, 0.25) is 5.91 Å². The van der Waals surface area contributed by atoms with E-state index in [-0.39, 0.29) is 18.4 Å². The van der Waals surface area contributed by atoms with E-state index in [4.69, 9.17) is 25.2 Å². The Bertz CT molecular complexity index is 1530. The van der Waals surface area contributed by atoms with E-state index in [9.17, 15) is 9.59 Å². The van der Waals surface area contributed by atoms with Crippen LogP contribution >= 0.6 is 11.3 Å². The highest BCUT2D eigenvalue weighted by Gasteiger charge is 2.25. The maximum Gasteiger partial charge on any atom is 0.263 e. The Labute approximate surface area is 249 Å². The fourth-order valence-corrected chi connectivity index (χ4v) is 5.28. The lowest BCUT2D eigenvalue weighted by Gasteiger charge is -2.21. The van der Waals surface area contributed by atoms with E-state index in [2.05, 4.69) is 15.6 Å². The smallest absolute Gasteiger partial charge is 0.263 e. The number of nitrogens with two attached hydrogens (primary N) is 1. The molecule has 42 heavy (non-hydrogen) atoms. The monoisotopic (exact) mass is 591 g/mol. The van der Waals surface area contributed by atoms with Gasteiger partial charge in [0.25, 0.3) is 5.91 Å². The van der Waals surface area contributed by atoms with Gasteiger partial charge in [-0.05, 0) is 45.0 Å². The number of nitrogen functional groups attached to an aromatic ring is 1. The van der Waals surface area contributed by atoms with Gasteiger partial charge in [-0.2, -0.15) is 0 Å². The zero-order valence-electron chi connectivity index (χ0n) is 24.6. The maximum absolute atomic E-state index is 13.1. The Morgan fingerprint density at radius 3 is 2.33 bits per heavy atom. The Morgan fingerprint density at radius 1 is 1.00 bits per heavy atom. The summed E-state index contributed by atoms with van der Waals surface area (Å²) in [5.74, 6) is 0.0399. The Balaban J connectivity index is 1.72. The molecule has 2 amide bonds. The van der Waals surface area contributed by atoms with Gasteiger partial charge in [-0.3, -0.25) is 19.5 Å². The second kappa shape index (κ2) is 13.8. The predicted octanol–water partition coefficient (Wildman–Crippen LogP) is 4.06. The van der Waals surface area contributed by atoms with Crippen molar-refractivity contribution in [2.24, 2.45) is 0 Å². The molecule has 0 aliphatic heterocycles. The highest BCUT2D eigenvalue weighted by atomic mass is 32.1. The highest BCUT2D eigenvalue weighted by molar-refractivity contribution is 7.21. The van der Waals surface area contributed by atoms with E-state index >= 15 is 0 Å². The van der Waals surface area contributed by atoms with Crippen LogP contribution in [0.4, 0.5) is 11.4 Å². The van der Waals surface area contributed by atoms with Gasteiger partial charge in [-0.25, -0.2) is 9.97 Å². The third-order valence-electron chi connectivity index (χ3n) is 6.23. The van der Waals surface area contributed by atoms with Crippen LogP contribution in [0.25, 0.3) is 32.9 Å². The molecule has 12 heteroatoms. The Kier molecular flexibility index (Phi) is 10.2. The number of hydrogen-bond donors (Lipinski definition) is 3. The number of thiophene rings is 1. The molecule has 0 saturated heterocycles. The van der Waals surface area contributed by atoms with Gasteiger partial charge in [0, 0.05) is 62.1 Å². The molecule has 222 valence electrons. The molecule has 3 aromatic heterocycles. The van der Waals surface area contributed by atoms with Crippen molar-refractivity contribution in [2.45, 2.75) is 26.3 Å². The van der Waals surface area contributed by atoms with Crippen LogP contribution in [-0.4, -0.2) is 84.3 Å². The summed E-state index contributed by atoms with van der Waals surface area (Å²) in [6.45, 7) is 8.14. The summed E-state index contributed by atoms with van der Waals surface area (Å²) in [4.78, 5) is 42.8. The van der Waals surface area contributed by atoms with E-state index in [1.54, 1.807) is 26.6 Å². The number of hydrogen-bond acceptors (Lipinski definition) is 10. The number of carbonyl (C=O) groups is 2. The fraction of sp³-hybridized carbons (Fsp3) is 0.367. The first kappa shape index (κ1) is 31.0. The molecule has 4 rings (SSSR count). The molecule has 0 fully saturated rings. The SMILES string of the molecule is COCCN(CCOC)CC(=O)Nc1cccc(-c2nc(-c3ccncc3)nc3sc(C(=O)NC(C)(C)C)c(N)c23)c1. The lowest BCUT2D eigenvalue weighted by Crippen LogP contribution is -2.40. The van der Waals surface area contributed by atoms with Crippen molar-refractivity contribution in [2.75, 3.05) is 58.1 Å². The minimum absolute atomic E-state index is 0.166. The van der Waals surface area contributed by atoms with Gasteiger partial charge in [0.15, 0.2) is 5.82 Å². The quantitative estimate of drug-likeness (QED) is 0.222. The number of anilines is 2. The van der Waals surface area contributed by atoms with Gasteiger partial charge in [0.1, 0.15) is 9.71 Å². The van der Waals surface area contributed by atoms with Gasteiger partial charge in [0.05, 0.1) is 36.5 Å². The number of carbonyl (C=O) groups excluding carboxylic acids is 2. The molecule has 0 spiro atoms. The summed E-state index contributed by atoms with van der Waals surface area (Å²) < 4.78 is 10.4. The molecule has 0 atom stereocenters. The number of pyridine rings is 1. The first-order chi connectivity index (χ1) is 20.1. The number of ether oxygens (including phenoxy) is 2. The van der Waals surface area contributed by atoms with E-state index in [1.807, 2.05) is 62.1 Å². The Hall–Kier alpha value is -3.97. The summed E-state index contributed by atoms with van der Waals surface area (Å²) in [6, 6.07) is 11.0. The van der Waals surface area contributed by atoms with Crippen LogP contribution in [0, 0.1) is 0 Å². The van der Waals surface area contributed by atoms with Crippen LogP contribution in [-0.2, 0) is 14.3 Å². The largest absolute Gasteiger partial charge is 0.397 e. The third kappa shape index (κ3) is 7.85. The number of benzene rings is 1. The second-order valence-corrected chi connectivity index (χ2v) is 11.8. The summed E-state index contributed by atoms with van der Waals surface area (Å²) in [6.07, 6.45) is 3.35. The number of rotatable bonds is 12. The molecule has 0 saturated carbocycles. The van der Waals surface area contributed by atoms with E-state index in [0.29, 0.717) is 64.3 Å². The summed E-state index contributed by atoms with van der Waals surface area (Å²) in [5.41, 5.74) is 9.14. The number of aromatic nitrogens is 3. The minimum atomic E-state index is -0.439. The van der Waals surface area contributed by atoms with Crippen LogP contribution < -0.4 is 16.4 Å². The first-order valence-corrected chi connectivity index (χ1v) is 14.3. The van der Waals surface area contributed by atoms with Crippen LogP contribution in [0.5, 0.6) is 0 Å². The molecule has 4 N–H and O–H groups in total. The normalized spacial score (nSPS) is 11.7. The van der Waals surface area contributed by atoms with Crippen LogP contribution in [0.2, 0.25) is 0 Å². The standard InChI is InChI=1S/C30H37N7O4S/c1-30(2,3)36-28(39)26-24(31)23-25(34-27(35-29(23)42-26)19-9-11-32-12-10-19)20-7-6-8-21(17-20)33-22(38)18-37(13-15-40-4)14-16-41-5/h6-12,17H,13-16,18,31H2,1-5H3,(H,33,38)(H,36,39). The van der Waals surface area contributed by atoms with Crippen molar-refractivity contribution in [1.82, 2.24) is 25.2 Å². The number of nitrogens with zero attached hydrogens (tertiary/aromatic N) is 4. The number of amides is 2. The number of nitrogens with one attached hydrogen (secondary N) is 2. The zero-order chi connectivity index (χ0) is 30.3. The van der Waals surface area contributed by atoms with Gasteiger partial charge >= 0.3 is 0 Å². The molecule has 1 aromatic carbocycles. The van der Waals surface area contributed by atoms with E-state index in [0.717, 1.165) is 11.1 Å². The van der Waals surface area contributed by atoms with Crippen molar-refractivity contribution >= 4 is 44.7 Å². The molecule has 0 unspecified atom stereocenters. The van der Waals surface area contributed by atoms with Crippen LogP contribution in [0.15, 0.2) is 48.8 Å². The van der Waals surface area contributed by atoms with Crippen LogP contribution in [0.1, 0.15) is 30.4 Å². The second-order valence-electron chi connectivity index (χ2n) is 10.8. The topological polar surface area (TPSA) is 145 Å². The van der Waals surface area contributed by atoms with E-state index in [1.165, 1.54) is 11.3 Å². The average molecular weight is 592 g/mol.